The van der Waals surface area contributed by atoms with E-state index in [1.165, 1.54) is 31.2 Å². The highest BCUT2D eigenvalue weighted by atomic mass is 19.4. The van der Waals surface area contributed by atoms with Gasteiger partial charge in [0.1, 0.15) is 11.4 Å². The van der Waals surface area contributed by atoms with Gasteiger partial charge >= 0.3 is 12.4 Å². The molecule has 126 valence electrons. The third-order valence-electron chi connectivity index (χ3n) is 3.33. The van der Waals surface area contributed by atoms with Gasteiger partial charge in [-0.2, -0.15) is 31.4 Å². The predicted octanol–water partition coefficient (Wildman–Crippen LogP) is 4.77. The first-order valence-corrected chi connectivity index (χ1v) is 6.68. The van der Waals surface area contributed by atoms with Gasteiger partial charge in [-0.15, -0.1) is 0 Å². The van der Waals surface area contributed by atoms with Crippen LogP contribution in [0.15, 0.2) is 36.4 Å². The van der Waals surface area contributed by atoms with Crippen molar-refractivity contribution in [1.29, 1.82) is 0 Å². The number of fused-ring (bicyclic) bond motifs is 1. The molecule has 0 saturated heterocycles. The fraction of sp³-hybridized carbons (Fsp3) is 0.200. The van der Waals surface area contributed by atoms with Gasteiger partial charge in [0, 0.05) is 5.39 Å². The zero-order valence-corrected chi connectivity index (χ0v) is 12.1. The molecule has 0 radical (unpaired) electrons. The molecule has 0 fully saturated rings. The lowest BCUT2D eigenvalue weighted by atomic mass is 10.1. The molecule has 0 atom stereocenters. The van der Waals surface area contributed by atoms with E-state index in [2.05, 4.69) is 10.1 Å². The maximum absolute atomic E-state index is 13.2. The molecule has 0 amide bonds. The molecule has 3 nitrogen and oxygen atoms in total. The fourth-order valence-corrected chi connectivity index (χ4v) is 2.36. The van der Waals surface area contributed by atoms with Crippen LogP contribution in [0.2, 0.25) is 0 Å². The highest BCUT2D eigenvalue weighted by Gasteiger charge is 2.38. The molecule has 0 aliphatic rings. The van der Waals surface area contributed by atoms with E-state index < -0.39 is 23.7 Å². The number of aromatic nitrogens is 3. The van der Waals surface area contributed by atoms with Crippen molar-refractivity contribution in [1.82, 2.24) is 14.8 Å². The van der Waals surface area contributed by atoms with Crippen LogP contribution in [-0.2, 0) is 12.4 Å². The molecule has 0 saturated carbocycles. The maximum atomic E-state index is 13.2. The molecule has 2 heterocycles. The molecule has 0 bridgehead atoms. The summed E-state index contributed by atoms with van der Waals surface area (Å²) in [6.07, 6.45) is -9.55. The second kappa shape index (κ2) is 5.22. The van der Waals surface area contributed by atoms with E-state index in [0.717, 1.165) is 6.07 Å². The Balaban J connectivity index is 2.38. The monoisotopic (exact) mass is 345 g/mol. The first kappa shape index (κ1) is 16.3. The van der Waals surface area contributed by atoms with Crippen LogP contribution in [0.5, 0.6) is 0 Å². The third-order valence-corrected chi connectivity index (χ3v) is 3.33. The van der Waals surface area contributed by atoms with Crippen LogP contribution in [0.4, 0.5) is 26.3 Å². The van der Waals surface area contributed by atoms with Crippen molar-refractivity contribution in [2.45, 2.75) is 19.3 Å². The number of para-hydroxylation sites is 1. The van der Waals surface area contributed by atoms with Crippen molar-refractivity contribution in [2.75, 3.05) is 0 Å². The summed E-state index contributed by atoms with van der Waals surface area (Å²) in [4.78, 5) is 3.48. The number of hydrogen-bond donors (Lipinski definition) is 0. The average molecular weight is 345 g/mol. The molecule has 1 aromatic carbocycles. The van der Waals surface area contributed by atoms with Gasteiger partial charge in [0.25, 0.3) is 0 Å². The van der Waals surface area contributed by atoms with Crippen LogP contribution >= 0.6 is 0 Å². The standard InChI is InChI=1S/C15H9F6N3/c1-8-6-13(15(19,20)21)24(23-8)11-7-12(14(16,17)18)22-10-5-3-2-4-9(10)11/h2-7H,1H3. The number of nitrogens with zero attached hydrogens (tertiary/aromatic N) is 3. The van der Waals surface area contributed by atoms with E-state index in [1.54, 1.807) is 0 Å². The minimum Gasteiger partial charge on any atom is -0.243 e. The zero-order chi connectivity index (χ0) is 17.7. The average Bonchev–Trinajstić information content (AvgIpc) is 2.87. The van der Waals surface area contributed by atoms with Crippen molar-refractivity contribution >= 4 is 10.9 Å². The van der Waals surface area contributed by atoms with Crippen LogP contribution in [0.3, 0.4) is 0 Å². The summed E-state index contributed by atoms with van der Waals surface area (Å²) in [7, 11) is 0. The van der Waals surface area contributed by atoms with Crippen LogP contribution in [0.1, 0.15) is 17.1 Å². The van der Waals surface area contributed by atoms with Crippen molar-refractivity contribution in [3.8, 4) is 5.69 Å². The summed E-state index contributed by atoms with van der Waals surface area (Å²) < 4.78 is 79.1. The molecule has 0 aliphatic heterocycles. The second-order valence-corrected chi connectivity index (χ2v) is 5.12. The van der Waals surface area contributed by atoms with Crippen LogP contribution in [0, 0.1) is 6.92 Å². The quantitative estimate of drug-likeness (QED) is 0.595. The van der Waals surface area contributed by atoms with Crippen LogP contribution in [0.25, 0.3) is 16.6 Å². The largest absolute Gasteiger partial charge is 0.433 e. The number of alkyl halides is 6. The Bertz CT molecular complexity index is 908. The first-order chi connectivity index (χ1) is 11.1. The van der Waals surface area contributed by atoms with Gasteiger partial charge in [0.2, 0.25) is 0 Å². The molecule has 3 aromatic rings. The van der Waals surface area contributed by atoms with E-state index in [-0.39, 0.29) is 22.3 Å². The van der Waals surface area contributed by atoms with Gasteiger partial charge in [0.05, 0.1) is 16.9 Å². The fourth-order valence-electron chi connectivity index (χ4n) is 2.36. The number of halogens is 6. The summed E-state index contributed by atoms with van der Waals surface area (Å²) in [6, 6.07) is 7.02. The summed E-state index contributed by atoms with van der Waals surface area (Å²) in [5, 5.41) is 3.86. The van der Waals surface area contributed by atoms with Crippen molar-refractivity contribution in [3.63, 3.8) is 0 Å². The van der Waals surface area contributed by atoms with Crippen molar-refractivity contribution < 1.29 is 26.3 Å². The Morgan fingerprint density at radius 1 is 0.917 bits per heavy atom. The lowest BCUT2D eigenvalue weighted by molar-refractivity contribution is -0.142. The molecule has 0 unspecified atom stereocenters. The van der Waals surface area contributed by atoms with Crippen LogP contribution in [-0.4, -0.2) is 14.8 Å². The number of aryl methyl sites for hydroxylation is 1. The Morgan fingerprint density at radius 3 is 2.21 bits per heavy atom. The number of rotatable bonds is 1. The minimum absolute atomic E-state index is 0.0387. The van der Waals surface area contributed by atoms with E-state index >= 15 is 0 Å². The van der Waals surface area contributed by atoms with Crippen molar-refractivity contribution in [3.05, 3.63) is 53.5 Å². The highest BCUT2D eigenvalue weighted by molar-refractivity contribution is 5.87. The molecule has 2 aromatic heterocycles. The minimum atomic E-state index is -4.79. The molecule has 0 aliphatic carbocycles. The number of pyridine rings is 1. The summed E-state index contributed by atoms with van der Waals surface area (Å²) in [5.74, 6) is 0. The third kappa shape index (κ3) is 2.81. The topological polar surface area (TPSA) is 30.7 Å². The molecule has 9 heteroatoms. The van der Waals surface area contributed by atoms with Gasteiger partial charge < -0.3 is 0 Å². The molecule has 0 spiro atoms. The lowest BCUT2D eigenvalue weighted by Crippen LogP contribution is -2.15. The normalized spacial score (nSPS) is 12.8. The molecule has 3 rings (SSSR count). The van der Waals surface area contributed by atoms with Crippen LogP contribution < -0.4 is 0 Å². The number of hydrogen-bond acceptors (Lipinski definition) is 2. The van der Waals surface area contributed by atoms with E-state index in [4.69, 9.17) is 0 Å². The van der Waals surface area contributed by atoms with Crippen molar-refractivity contribution in [2.24, 2.45) is 0 Å². The van der Waals surface area contributed by atoms with E-state index in [9.17, 15) is 26.3 Å². The summed E-state index contributed by atoms with van der Waals surface area (Å²) in [5.41, 5.74) is -2.78. The Labute approximate surface area is 131 Å². The van der Waals surface area contributed by atoms with Gasteiger partial charge in [-0.25, -0.2) is 9.67 Å². The summed E-state index contributed by atoms with van der Waals surface area (Å²) in [6.45, 7) is 1.33. The SMILES string of the molecule is Cc1cc(C(F)(F)F)n(-c2cc(C(F)(F)F)nc3ccccc23)n1. The number of benzene rings is 1. The molecular weight excluding hydrogens is 336 g/mol. The molecule has 0 N–H and O–H groups in total. The van der Waals surface area contributed by atoms with Gasteiger partial charge in [-0.3, -0.25) is 0 Å². The Kier molecular flexibility index (Phi) is 3.54. The van der Waals surface area contributed by atoms with E-state index in [0.29, 0.717) is 10.7 Å². The maximum Gasteiger partial charge on any atom is 0.433 e. The van der Waals surface area contributed by atoms with Gasteiger partial charge in [-0.05, 0) is 25.1 Å². The van der Waals surface area contributed by atoms with E-state index in [1.807, 2.05) is 0 Å². The lowest BCUT2D eigenvalue weighted by Gasteiger charge is -2.15. The zero-order valence-electron chi connectivity index (χ0n) is 12.1. The predicted molar refractivity (Wildman–Crippen MR) is 73.6 cm³/mol. The Morgan fingerprint density at radius 2 is 1.58 bits per heavy atom. The molecule has 24 heavy (non-hydrogen) atoms. The van der Waals surface area contributed by atoms with Gasteiger partial charge in [0.15, 0.2) is 0 Å². The highest BCUT2D eigenvalue weighted by Crippen LogP contribution is 2.36. The molecular formula is C15H9F6N3. The van der Waals surface area contributed by atoms with Gasteiger partial charge in [-0.1, -0.05) is 18.2 Å². The Hall–Kier alpha value is -2.58. The summed E-state index contributed by atoms with van der Waals surface area (Å²) >= 11 is 0. The smallest absolute Gasteiger partial charge is 0.243 e. The second-order valence-electron chi connectivity index (χ2n) is 5.12. The first-order valence-electron chi connectivity index (χ1n) is 6.68.